The summed E-state index contributed by atoms with van der Waals surface area (Å²) >= 11 is 0. The minimum absolute atomic E-state index is 0.0626. The van der Waals surface area contributed by atoms with Crippen LogP contribution in [-0.4, -0.2) is 47.3 Å². The van der Waals surface area contributed by atoms with E-state index in [0.29, 0.717) is 47.6 Å². The zero-order valence-corrected chi connectivity index (χ0v) is 17.0. The Bertz CT molecular complexity index is 1470. The van der Waals surface area contributed by atoms with E-state index in [1.54, 1.807) is 0 Å². The van der Waals surface area contributed by atoms with Crippen molar-refractivity contribution in [2.45, 2.75) is 32.0 Å². The van der Waals surface area contributed by atoms with Crippen molar-refractivity contribution >= 4 is 22.5 Å². The second kappa shape index (κ2) is 6.82. The van der Waals surface area contributed by atoms with Gasteiger partial charge >= 0.3 is 12.5 Å². The predicted octanol–water partition coefficient (Wildman–Crippen LogP) is 2.55. The molecule has 3 aromatic heterocycles. The van der Waals surface area contributed by atoms with E-state index in [2.05, 4.69) is 34.5 Å². The van der Waals surface area contributed by atoms with E-state index in [1.165, 1.54) is 22.8 Å². The van der Waals surface area contributed by atoms with Gasteiger partial charge in [0.05, 0.1) is 5.69 Å². The van der Waals surface area contributed by atoms with Gasteiger partial charge in [-0.05, 0) is 12.1 Å². The molecule has 0 saturated heterocycles. The molecule has 0 amide bonds. The van der Waals surface area contributed by atoms with E-state index in [9.17, 15) is 22.0 Å². The van der Waals surface area contributed by atoms with Gasteiger partial charge in [-0.2, -0.15) is 17.7 Å². The van der Waals surface area contributed by atoms with E-state index >= 15 is 0 Å². The molecule has 0 bridgehead atoms. The van der Waals surface area contributed by atoms with Crippen LogP contribution in [0.1, 0.15) is 22.9 Å². The molecule has 6 rings (SSSR count). The fourth-order valence-corrected chi connectivity index (χ4v) is 4.02. The highest BCUT2D eigenvalue weighted by molar-refractivity contribution is 5.97. The zero-order chi connectivity index (χ0) is 23.8. The van der Waals surface area contributed by atoms with Gasteiger partial charge < -0.3 is 15.2 Å². The Kier molecular flexibility index (Phi) is 4.15. The molecule has 176 valence electrons. The summed E-state index contributed by atoms with van der Waals surface area (Å²) < 4.78 is 75.9. The minimum atomic E-state index is -4.60. The van der Waals surface area contributed by atoms with Crippen molar-refractivity contribution in [3.63, 3.8) is 0 Å². The summed E-state index contributed by atoms with van der Waals surface area (Å²) in [5.41, 5.74) is 7.29. The Labute approximate surface area is 186 Å². The second-order valence-corrected chi connectivity index (χ2v) is 7.81. The highest BCUT2D eigenvalue weighted by atomic mass is 19.4. The molecule has 5 heterocycles. The highest BCUT2D eigenvalue weighted by Gasteiger charge is 2.45. The lowest BCUT2D eigenvalue weighted by Gasteiger charge is -2.12. The van der Waals surface area contributed by atoms with E-state index < -0.39 is 18.3 Å². The van der Waals surface area contributed by atoms with E-state index in [4.69, 9.17) is 5.73 Å². The number of alkyl halides is 5. The van der Waals surface area contributed by atoms with E-state index in [0.717, 1.165) is 0 Å². The van der Waals surface area contributed by atoms with Gasteiger partial charge in [-0.15, -0.1) is 13.9 Å². The predicted molar refractivity (Wildman–Crippen MR) is 104 cm³/mol. The molecule has 0 saturated carbocycles. The first-order chi connectivity index (χ1) is 16.1. The van der Waals surface area contributed by atoms with Gasteiger partial charge in [0.25, 0.3) is 0 Å². The SMILES string of the molecule is Nc1nc2c3c(ccc2c2nc(CCN4Cc5cnc(C(F)(F)F)nc5C4)nn12)OC(F)(F)O3. The normalized spacial score (nSPS) is 17.1. The van der Waals surface area contributed by atoms with Gasteiger partial charge in [0.2, 0.25) is 11.8 Å². The first-order valence-electron chi connectivity index (χ1n) is 9.95. The van der Waals surface area contributed by atoms with Gasteiger partial charge in [-0.3, -0.25) is 4.90 Å². The van der Waals surface area contributed by atoms with Crippen LogP contribution in [0, 0.1) is 0 Å². The number of halogens is 5. The summed E-state index contributed by atoms with van der Waals surface area (Å²) in [6, 6.07) is 2.83. The first kappa shape index (κ1) is 20.7. The fraction of sp³-hybridized carbons (Fsp3) is 0.316. The lowest BCUT2D eigenvalue weighted by atomic mass is 10.2. The molecule has 4 aromatic rings. The van der Waals surface area contributed by atoms with Crippen LogP contribution in [-0.2, 0) is 25.7 Å². The fourth-order valence-electron chi connectivity index (χ4n) is 4.02. The average Bonchev–Trinajstić information content (AvgIpc) is 3.44. The Morgan fingerprint density at radius 1 is 1.09 bits per heavy atom. The second-order valence-electron chi connectivity index (χ2n) is 7.81. The van der Waals surface area contributed by atoms with Crippen molar-refractivity contribution in [1.29, 1.82) is 0 Å². The maximum atomic E-state index is 13.5. The number of nitrogens with zero attached hydrogens (tertiary/aromatic N) is 7. The van der Waals surface area contributed by atoms with Gasteiger partial charge in [0.1, 0.15) is 5.52 Å². The van der Waals surface area contributed by atoms with Crippen molar-refractivity contribution in [2.24, 2.45) is 0 Å². The van der Waals surface area contributed by atoms with Crippen molar-refractivity contribution < 1.29 is 31.4 Å². The zero-order valence-electron chi connectivity index (χ0n) is 17.0. The summed E-state index contributed by atoms with van der Waals surface area (Å²) in [6.45, 7) is 1.06. The molecular weight excluding hydrogens is 467 g/mol. The largest absolute Gasteiger partial charge is 0.586 e. The number of anilines is 1. The molecule has 0 radical (unpaired) electrons. The summed E-state index contributed by atoms with van der Waals surface area (Å²) in [4.78, 5) is 17.5. The number of nitrogens with two attached hydrogens (primary N) is 1. The van der Waals surface area contributed by atoms with Crippen LogP contribution in [0.15, 0.2) is 18.3 Å². The molecular formula is C19H13F5N8O2. The molecule has 1 aromatic carbocycles. The molecule has 0 atom stereocenters. The van der Waals surface area contributed by atoms with Crippen LogP contribution in [0.3, 0.4) is 0 Å². The molecule has 2 N–H and O–H groups in total. The van der Waals surface area contributed by atoms with Crippen molar-refractivity contribution in [3.05, 3.63) is 41.2 Å². The third kappa shape index (κ3) is 3.30. The molecule has 0 spiro atoms. The summed E-state index contributed by atoms with van der Waals surface area (Å²) in [5.74, 6) is -1.27. The van der Waals surface area contributed by atoms with Crippen LogP contribution in [0.25, 0.3) is 16.6 Å². The minimum Gasteiger partial charge on any atom is -0.395 e. The molecule has 2 aliphatic heterocycles. The van der Waals surface area contributed by atoms with Gasteiger partial charge in [0.15, 0.2) is 23.0 Å². The molecule has 0 aliphatic carbocycles. The maximum absolute atomic E-state index is 13.5. The number of benzene rings is 1. The molecule has 2 aliphatic rings. The number of ether oxygens (including phenoxy) is 2. The molecule has 15 heteroatoms. The number of nitrogen functional groups attached to an aromatic ring is 1. The van der Waals surface area contributed by atoms with Gasteiger partial charge in [0, 0.05) is 43.2 Å². The third-order valence-corrected chi connectivity index (χ3v) is 5.51. The smallest absolute Gasteiger partial charge is 0.395 e. The molecule has 10 nitrogen and oxygen atoms in total. The van der Waals surface area contributed by atoms with Crippen LogP contribution < -0.4 is 15.2 Å². The van der Waals surface area contributed by atoms with Gasteiger partial charge in [-0.1, -0.05) is 0 Å². The molecule has 0 unspecified atom stereocenters. The van der Waals surface area contributed by atoms with Crippen molar-refractivity contribution in [1.82, 2.24) is 34.4 Å². The average molecular weight is 480 g/mol. The maximum Gasteiger partial charge on any atom is 0.586 e. The summed E-state index contributed by atoms with van der Waals surface area (Å²) in [7, 11) is 0. The van der Waals surface area contributed by atoms with Crippen LogP contribution in [0.2, 0.25) is 0 Å². The third-order valence-electron chi connectivity index (χ3n) is 5.51. The quantitative estimate of drug-likeness (QED) is 0.442. The Morgan fingerprint density at radius 3 is 2.71 bits per heavy atom. The van der Waals surface area contributed by atoms with Gasteiger partial charge in [-0.25, -0.2) is 19.9 Å². The molecule has 34 heavy (non-hydrogen) atoms. The highest BCUT2D eigenvalue weighted by Crippen LogP contribution is 2.45. The standard InChI is InChI=1S/C19H13F5N8O2/c20-18(21,22)16-26-5-8-6-31(7-10(8)27-16)4-3-12-28-15-9-1-2-11-14(34-19(23,24)33-11)13(9)29-17(25)32(15)30-12/h1-2,5H,3-4,6-7H2,(H2,25,29). The lowest BCUT2D eigenvalue weighted by molar-refractivity contribution is -0.286. The number of rotatable bonds is 3. The summed E-state index contributed by atoms with van der Waals surface area (Å²) in [6.07, 6.45) is -6.87. The van der Waals surface area contributed by atoms with E-state index in [1.807, 2.05) is 4.90 Å². The Hall–Kier alpha value is -3.88. The number of hydrogen-bond donors (Lipinski definition) is 1. The lowest BCUT2D eigenvalue weighted by Crippen LogP contribution is -2.26. The van der Waals surface area contributed by atoms with Crippen molar-refractivity contribution in [2.75, 3.05) is 12.3 Å². The topological polar surface area (TPSA) is 117 Å². The van der Waals surface area contributed by atoms with Crippen LogP contribution in [0.4, 0.5) is 27.9 Å². The number of aromatic nitrogens is 6. The molecule has 0 fully saturated rings. The summed E-state index contributed by atoms with van der Waals surface area (Å²) in [5, 5.41) is 4.72. The Morgan fingerprint density at radius 2 is 1.91 bits per heavy atom. The van der Waals surface area contributed by atoms with Crippen molar-refractivity contribution in [3.8, 4) is 11.5 Å². The monoisotopic (exact) mass is 480 g/mol. The van der Waals surface area contributed by atoms with Crippen LogP contribution >= 0.6 is 0 Å². The Balaban J connectivity index is 1.25. The number of fused-ring (bicyclic) bond motifs is 6. The van der Waals surface area contributed by atoms with Crippen LogP contribution in [0.5, 0.6) is 11.5 Å². The van der Waals surface area contributed by atoms with E-state index in [-0.39, 0.29) is 29.5 Å². The first-order valence-corrected chi connectivity index (χ1v) is 9.95. The number of hydrogen-bond acceptors (Lipinski definition) is 9.